The Labute approximate surface area is 278 Å². The molecule has 15 heteroatoms. The van der Waals surface area contributed by atoms with Crippen molar-refractivity contribution in [2.24, 2.45) is 5.92 Å². The van der Waals surface area contributed by atoms with Crippen LogP contribution in [0.1, 0.15) is 64.4 Å². The van der Waals surface area contributed by atoms with Crippen LogP contribution >= 0.6 is 23.2 Å². The number of esters is 1. The number of methoxy groups -OCH3 is 1. The van der Waals surface area contributed by atoms with Crippen molar-refractivity contribution in [1.82, 2.24) is 4.90 Å². The number of anilines is 1. The van der Waals surface area contributed by atoms with Gasteiger partial charge in [-0.3, -0.25) is 34.7 Å². The number of halogens is 3. The Bertz CT molecular complexity index is 1820. The number of carbonyl (C=O) groups is 3. The first kappa shape index (κ1) is 33.9. The highest BCUT2D eigenvalue weighted by molar-refractivity contribution is 6.31. The summed E-state index contributed by atoms with van der Waals surface area (Å²) in [7, 11) is 1.09. The lowest BCUT2D eigenvalue weighted by atomic mass is 9.73. The molecular weight excluding hydrogens is 658 g/mol. The molecule has 1 unspecified atom stereocenters. The number of nitrogens with zero attached hydrogens (tertiary/aromatic N) is 3. The summed E-state index contributed by atoms with van der Waals surface area (Å²) < 4.78 is 20.6. The molecule has 0 bridgehead atoms. The maximum atomic E-state index is 16.0. The third-order valence-electron chi connectivity index (χ3n) is 8.84. The van der Waals surface area contributed by atoms with Crippen LogP contribution in [-0.4, -0.2) is 58.1 Å². The summed E-state index contributed by atoms with van der Waals surface area (Å²) in [4.78, 5) is 65.6. The molecule has 1 amide bonds. The van der Waals surface area contributed by atoms with E-state index >= 15 is 4.39 Å². The van der Waals surface area contributed by atoms with Crippen molar-refractivity contribution in [1.29, 1.82) is 0 Å². The highest BCUT2D eigenvalue weighted by Crippen LogP contribution is 2.59. The Morgan fingerprint density at radius 1 is 1.11 bits per heavy atom. The van der Waals surface area contributed by atoms with Crippen molar-refractivity contribution < 1.29 is 33.4 Å². The summed E-state index contributed by atoms with van der Waals surface area (Å²) in [6.07, 6.45) is -0.232. The molecule has 1 saturated heterocycles. The maximum absolute atomic E-state index is 16.0. The van der Waals surface area contributed by atoms with Crippen molar-refractivity contribution in [2.45, 2.75) is 50.2 Å². The molecule has 1 fully saturated rings. The number of carbonyl (C=O) groups excluding carboxylic acids is 3. The van der Waals surface area contributed by atoms with Gasteiger partial charge in [0.05, 0.1) is 40.1 Å². The number of Topliss-reactive ketones (excluding diaryl/α,β-unsaturated/α-hetero) is 1. The topological polar surface area (TPSA) is 162 Å². The molecule has 1 N–H and O–H groups in total. The number of benzene rings is 3. The number of nitrogens with one attached hydrogen (secondary N) is 1. The van der Waals surface area contributed by atoms with Crippen molar-refractivity contribution in [3.63, 3.8) is 0 Å². The van der Waals surface area contributed by atoms with E-state index in [9.17, 15) is 34.6 Å². The lowest BCUT2D eigenvalue weighted by molar-refractivity contribution is -0.528. The molecule has 47 heavy (non-hydrogen) atoms. The first-order valence-electron chi connectivity index (χ1n) is 14.6. The van der Waals surface area contributed by atoms with Gasteiger partial charge in [0, 0.05) is 45.8 Å². The lowest BCUT2D eigenvalue weighted by Gasteiger charge is -2.39. The van der Waals surface area contributed by atoms with Crippen LogP contribution in [0.25, 0.3) is 0 Å². The van der Waals surface area contributed by atoms with E-state index in [2.05, 4.69) is 10.1 Å². The summed E-state index contributed by atoms with van der Waals surface area (Å²) in [6, 6.07) is 8.62. The molecule has 0 saturated carbocycles. The van der Waals surface area contributed by atoms with Gasteiger partial charge < -0.3 is 10.1 Å². The summed E-state index contributed by atoms with van der Waals surface area (Å²) in [5, 5.41) is 27.9. The van der Waals surface area contributed by atoms with Gasteiger partial charge in [0.15, 0.2) is 5.78 Å². The van der Waals surface area contributed by atoms with Gasteiger partial charge in [-0.2, -0.15) is 0 Å². The number of hydrogen-bond donors (Lipinski definition) is 1. The number of likely N-dealkylation sites (tertiary alicyclic amines) is 1. The largest absolute Gasteiger partial charge is 0.465 e. The summed E-state index contributed by atoms with van der Waals surface area (Å²) >= 11 is 12.4. The van der Waals surface area contributed by atoms with E-state index in [4.69, 9.17) is 23.2 Å². The number of rotatable bonds is 10. The zero-order chi connectivity index (χ0) is 34.4. The van der Waals surface area contributed by atoms with E-state index < -0.39 is 74.5 Å². The number of nitro benzene ring substituents is 1. The van der Waals surface area contributed by atoms with Crippen LogP contribution in [0.4, 0.5) is 15.8 Å². The molecule has 0 aromatic heterocycles. The number of hydrogen-bond acceptors (Lipinski definition) is 9. The van der Waals surface area contributed by atoms with Crippen LogP contribution in [0.3, 0.4) is 0 Å². The fourth-order valence-corrected chi connectivity index (χ4v) is 7.20. The predicted octanol–water partition coefficient (Wildman–Crippen LogP) is 6.41. The molecule has 12 nitrogen and oxygen atoms in total. The number of nitro groups is 2. The van der Waals surface area contributed by atoms with Crippen LogP contribution in [0.15, 0.2) is 54.6 Å². The van der Waals surface area contributed by atoms with Gasteiger partial charge in [0.2, 0.25) is 6.04 Å². The van der Waals surface area contributed by atoms with E-state index in [1.54, 1.807) is 11.0 Å². The molecule has 246 valence electrons. The average molecular weight is 688 g/mol. The second kappa shape index (κ2) is 13.0. The van der Waals surface area contributed by atoms with E-state index in [1.807, 2.05) is 13.8 Å². The normalized spacial score (nSPS) is 21.9. The van der Waals surface area contributed by atoms with Gasteiger partial charge in [-0.25, -0.2) is 9.18 Å². The van der Waals surface area contributed by atoms with Gasteiger partial charge in [-0.05, 0) is 42.7 Å². The lowest BCUT2D eigenvalue weighted by Crippen LogP contribution is -2.52. The van der Waals surface area contributed by atoms with Crippen LogP contribution in [0.2, 0.25) is 10.0 Å². The highest BCUT2D eigenvalue weighted by Gasteiger charge is 2.71. The number of amides is 1. The van der Waals surface area contributed by atoms with Crippen LogP contribution in [0, 0.1) is 32.0 Å². The van der Waals surface area contributed by atoms with Crippen molar-refractivity contribution in [3.05, 3.63) is 113 Å². The number of ketones is 1. The monoisotopic (exact) mass is 686 g/mol. The van der Waals surface area contributed by atoms with Gasteiger partial charge in [0.1, 0.15) is 11.4 Å². The summed E-state index contributed by atoms with van der Waals surface area (Å²) in [5.74, 6) is -4.81. The number of ether oxygens (including phenoxy) is 1. The Kier molecular flexibility index (Phi) is 9.36. The molecule has 0 aliphatic carbocycles. The fraction of sp³-hybridized carbons (Fsp3) is 0.344. The van der Waals surface area contributed by atoms with Crippen molar-refractivity contribution in [2.75, 3.05) is 19.0 Å². The Balaban J connectivity index is 1.76. The molecule has 3 aromatic carbocycles. The van der Waals surface area contributed by atoms with Gasteiger partial charge in [0.25, 0.3) is 11.6 Å². The fourth-order valence-electron chi connectivity index (χ4n) is 6.85. The smallest absolute Gasteiger partial charge is 0.338 e. The molecule has 5 rings (SSSR count). The van der Waals surface area contributed by atoms with Gasteiger partial charge in [-0.1, -0.05) is 55.2 Å². The van der Waals surface area contributed by atoms with Crippen LogP contribution < -0.4 is 5.32 Å². The SMILES string of the molecule is COC(=O)c1ccc(C(=O)C[C@H]2C([N+](=O)[O-])[C@H](c3cccc(Cl)c3F)[C@]3(C(=O)Nc4cc(Cl)ccc43)N2CCC(C)C)c([N+](=O)[O-])c1. The van der Waals surface area contributed by atoms with E-state index in [-0.39, 0.29) is 39.3 Å². The summed E-state index contributed by atoms with van der Waals surface area (Å²) in [6.45, 7) is 3.89. The van der Waals surface area contributed by atoms with E-state index in [0.717, 1.165) is 19.2 Å². The van der Waals surface area contributed by atoms with E-state index in [0.29, 0.717) is 12.0 Å². The molecule has 3 aromatic rings. The standard InChI is InChI=1S/C32H29Cl2FN4O8/c1-16(2)11-12-37-25(15-26(40)19-9-7-17(30(41)47-3)13-24(19)38(43)44)29(39(45)46)27(20-5-4-6-22(34)28(20)35)32(37)21-10-8-18(33)14-23(21)36-31(32)42/h4-10,13-14,16,25,27,29H,11-12,15H2,1-3H3,(H,36,42)/t25-,27-,29?,32+/m0/s1. The summed E-state index contributed by atoms with van der Waals surface area (Å²) in [5.41, 5.74) is -2.80. The first-order chi connectivity index (χ1) is 22.2. The zero-order valence-electron chi connectivity index (χ0n) is 25.4. The van der Waals surface area contributed by atoms with Crippen molar-refractivity contribution >= 4 is 52.2 Å². The Morgan fingerprint density at radius 3 is 2.47 bits per heavy atom. The third kappa shape index (κ3) is 5.72. The number of fused-ring (bicyclic) bond motifs is 2. The maximum Gasteiger partial charge on any atom is 0.338 e. The second-order valence-electron chi connectivity index (χ2n) is 11.9. The zero-order valence-corrected chi connectivity index (χ0v) is 26.9. The molecular formula is C32H29Cl2FN4O8. The minimum atomic E-state index is -1.90. The molecule has 0 radical (unpaired) electrons. The van der Waals surface area contributed by atoms with Crippen molar-refractivity contribution in [3.8, 4) is 0 Å². The molecule has 4 atom stereocenters. The minimum Gasteiger partial charge on any atom is -0.465 e. The first-order valence-corrected chi connectivity index (χ1v) is 15.3. The quantitative estimate of drug-likeness (QED) is 0.110. The average Bonchev–Trinajstić information content (AvgIpc) is 3.46. The van der Waals surface area contributed by atoms with Gasteiger partial charge >= 0.3 is 5.97 Å². The third-order valence-corrected chi connectivity index (χ3v) is 9.37. The highest BCUT2D eigenvalue weighted by atomic mass is 35.5. The molecule has 2 aliphatic heterocycles. The van der Waals surface area contributed by atoms with E-state index in [1.165, 1.54) is 36.4 Å². The second-order valence-corrected chi connectivity index (χ2v) is 12.7. The molecule has 1 spiro atoms. The predicted molar refractivity (Wildman–Crippen MR) is 170 cm³/mol. The van der Waals surface area contributed by atoms with Gasteiger partial charge in [-0.15, -0.1) is 0 Å². The van der Waals surface area contributed by atoms with Crippen LogP contribution in [0.5, 0.6) is 0 Å². The van der Waals surface area contributed by atoms with Crippen LogP contribution in [-0.2, 0) is 15.1 Å². The molecule has 2 aliphatic rings. The Hall–Kier alpha value is -4.46. The Morgan fingerprint density at radius 2 is 1.83 bits per heavy atom. The molecule has 2 heterocycles. The minimum absolute atomic E-state index is 0.0421.